The van der Waals surface area contributed by atoms with Crippen LogP contribution in [0.4, 0.5) is 23.0 Å². The van der Waals surface area contributed by atoms with Crippen LogP contribution in [0.1, 0.15) is 5.56 Å². The molecular formula is C33H28BrN7O2S. The number of rotatable bonds is 8. The van der Waals surface area contributed by atoms with Gasteiger partial charge in [-0.3, -0.25) is 9.20 Å². The fraction of sp³-hybridized carbons (Fsp3) is 0.152. The fourth-order valence-electron chi connectivity index (χ4n) is 5.25. The lowest BCUT2D eigenvalue weighted by Gasteiger charge is -2.28. The van der Waals surface area contributed by atoms with Crippen LogP contribution >= 0.6 is 27.3 Å². The van der Waals surface area contributed by atoms with Crippen LogP contribution in [-0.4, -0.2) is 51.6 Å². The van der Waals surface area contributed by atoms with E-state index in [4.69, 9.17) is 14.7 Å². The van der Waals surface area contributed by atoms with E-state index in [0.29, 0.717) is 18.1 Å². The van der Waals surface area contributed by atoms with Crippen molar-refractivity contribution in [3.63, 3.8) is 0 Å². The lowest BCUT2D eigenvalue weighted by atomic mass is 10.1. The largest absolute Gasteiger partial charge is 0.378 e. The Kier molecular flexibility index (Phi) is 8.06. The number of hydrogen-bond acceptors (Lipinski definition) is 8. The molecule has 3 aromatic carbocycles. The number of hydrogen-bond donors (Lipinski definition) is 2. The Bertz CT molecular complexity index is 1920. The first-order valence-corrected chi connectivity index (χ1v) is 15.8. The molecule has 0 saturated carbocycles. The average Bonchev–Trinajstić information content (AvgIpc) is 3.58. The Morgan fingerprint density at radius 3 is 2.57 bits per heavy atom. The van der Waals surface area contributed by atoms with Gasteiger partial charge in [-0.05, 0) is 64.0 Å². The van der Waals surface area contributed by atoms with Crippen molar-refractivity contribution in [2.75, 3.05) is 41.8 Å². The number of ether oxygens (including phenoxy) is 1. The van der Waals surface area contributed by atoms with E-state index in [0.717, 1.165) is 68.9 Å². The Hall–Kier alpha value is -4.58. The zero-order valence-corrected chi connectivity index (χ0v) is 26.0. The topological polar surface area (TPSA) is 96.7 Å². The van der Waals surface area contributed by atoms with Crippen LogP contribution in [0.15, 0.2) is 101 Å². The number of nitrogens with zero attached hydrogens (tertiary/aromatic N) is 5. The molecule has 44 heavy (non-hydrogen) atoms. The number of amides is 1. The summed E-state index contributed by atoms with van der Waals surface area (Å²) in [5.41, 5.74) is 6.93. The minimum Gasteiger partial charge on any atom is -0.378 e. The molecule has 6 aromatic rings. The summed E-state index contributed by atoms with van der Waals surface area (Å²) < 4.78 is 8.47. The van der Waals surface area contributed by atoms with Gasteiger partial charge in [0.25, 0.3) is 0 Å². The Labute approximate surface area is 266 Å². The maximum absolute atomic E-state index is 12.8. The number of nitrogens with one attached hydrogen (secondary N) is 2. The second-order valence-electron chi connectivity index (χ2n) is 10.3. The van der Waals surface area contributed by atoms with Crippen molar-refractivity contribution < 1.29 is 9.53 Å². The molecule has 0 unspecified atom stereocenters. The summed E-state index contributed by atoms with van der Waals surface area (Å²) >= 11 is 5.15. The second-order valence-corrected chi connectivity index (χ2v) is 12.7. The van der Waals surface area contributed by atoms with Crippen molar-refractivity contribution in [3.05, 3.63) is 107 Å². The zero-order chi connectivity index (χ0) is 29.9. The number of halogens is 1. The molecule has 0 spiro atoms. The van der Waals surface area contributed by atoms with E-state index in [-0.39, 0.29) is 5.91 Å². The van der Waals surface area contributed by atoms with Crippen LogP contribution in [0.2, 0.25) is 0 Å². The van der Waals surface area contributed by atoms with Crippen LogP contribution in [0.25, 0.3) is 27.6 Å². The molecule has 1 aliphatic heterocycles. The Morgan fingerprint density at radius 1 is 0.932 bits per heavy atom. The number of fused-ring (bicyclic) bond motifs is 1. The summed E-state index contributed by atoms with van der Waals surface area (Å²) in [5, 5.41) is 6.38. The number of benzene rings is 3. The van der Waals surface area contributed by atoms with Crippen LogP contribution in [0, 0.1) is 0 Å². The highest BCUT2D eigenvalue weighted by atomic mass is 79.9. The average molecular weight is 667 g/mol. The molecule has 0 radical (unpaired) electrons. The zero-order valence-electron chi connectivity index (χ0n) is 23.6. The first-order chi connectivity index (χ1) is 21.6. The quantitative estimate of drug-likeness (QED) is 0.180. The van der Waals surface area contributed by atoms with Gasteiger partial charge >= 0.3 is 0 Å². The summed E-state index contributed by atoms with van der Waals surface area (Å²) in [6.07, 6.45) is 4.05. The van der Waals surface area contributed by atoms with E-state index in [1.807, 2.05) is 83.4 Å². The highest BCUT2D eigenvalue weighted by Crippen LogP contribution is 2.37. The van der Waals surface area contributed by atoms with E-state index in [1.165, 1.54) is 5.69 Å². The predicted octanol–water partition coefficient (Wildman–Crippen LogP) is 7.04. The normalized spacial score (nSPS) is 13.2. The molecule has 11 heteroatoms. The van der Waals surface area contributed by atoms with Crippen molar-refractivity contribution >= 4 is 61.1 Å². The maximum Gasteiger partial charge on any atom is 0.228 e. The molecule has 0 bridgehead atoms. The highest BCUT2D eigenvalue weighted by Gasteiger charge is 2.20. The van der Waals surface area contributed by atoms with Gasteiger partial charge in [0.2, 0.25) is 11.9 Å². The third-order valence-corrected chi connectivity index (χ3v) is 8.78. The number of imidazole rings is 1. The van der Waals surface area contributed by atoms with Gasteiger partial charge in [0, 0.05) is 48.1 Å². The minimum atomic E-state index is -0.0761. The molecular weight excluding hydrogens is 638 g/mol. The van der Waals surface area contributed by atoms with Crippen LogP contribution in [0.5, 0.6) is 0 Å². The number of carbonyl (C=O) groups excluding carboxylic acids is 1. The summed E-state index contributed by atoms with van der Waals surface area (Å²) in [6.45, 7) is 3.28. The third-order valence-electron chi connectivity index (χ3n) is 7.32. The SMILES string of the molecule is O=C(Cc1ccccc1)Nc1cccc(-c2nc3sc(Br)cn3c2-c2ccnc(Nc3ccc(N4CCOCC4)cc3)n2)c1. The van der Waals surface area contributed by atoms with Crippen molar-refractivity contribution in [1.82, 2.24) is 19.4 Å². The summed E-state index contributed by atoms with van der Waals surface area (Å²) in [5.74, 6) is 0.409. The van der Waals surface area contributed by atoms with Gasteiger partial charge in [-0.2, -0.15) is 0 Å². The van der Waals surface area contributed by atoms with Gasteiger partial charge < -0.3 is 20.3 Å². The number of morpholine rings is 1. The van der Waals surface area contributed by atoms with Crippen LogP contribution in [-0.2, 0) is 16.0 Å². The number of carbonyl (C=O) groups is 1. The summed E-state index contributed by atoms with van der Waals surface area (Å²) in [6, 6.07) is 27.6. The molecule has 220 valence electrons. The standard InChI is InChI=1S/C33H28BrN7O2S/c34-28-21-41-31(27-13-14-35-32(38-27)37-24-9-11-26(12-10-24)40-15-17-43-18-16-40)30(39-33(41)44-28)23-7-4-8-25(20-23)36-29(42)19-22-5-2-1-3-6-22/h1-14,20-21H,15-19H2,(H,36,42)(H,35,37,38). The Morgan fingerprint density at radius 2 is 1.75 bits per heavy atom. The maximum atomic E-state index is 12.8. The molecule has 1 saturated heterocycles. The highest BCUT2D eigenvalue weighted by molar-refractivity contribution is 9.11. The van der Waals surface area contributed by atoms with E-state index in [2.05, 4.69) is 48.6 Å². The molecule has 3 aromatic heterocycles. The minimum absolute atomic E-state index is 0.0761. The van der Waals surface area contributed by atoms with E-state index >= 15 is 0 Å². The number of anilines is 4. The van der Waals surface area contributed by atoms with E-state index < -0.39 is 0 Å². The van der Waals surface area contributed by atoms with Crippen molar-refractivity contribution in [2.24, 2.45) is 0 Å². The molecule has 0 aliphatic carbocycles. The smallest absolute Gasteiger partial charge is 0.228 e. The van der Waals surface area contributed by atoms with Gasteiger partial charge in [0.15, 0.2) is 4.96 Å². The van der Waals surface area contributed by atoms with E-state index in [9.17, 15) is 4.79 Å². The van der Waals surface area contributed by atoms with Crippen LogP contribution in [0.3, 0.4) is 0 Å². The van der Waals surface area contributed by atoms with Gasteiger partial charge in [0.1, 0.15) is 5.69 Å². The van der Waals surface area contributed by atoms with Gasteiger partial charge in [-0.25, -0.2) is 15.0 Å². The molecule has 9 nitrogen and oxygen atoms in total. The van der Waals surface area contributed by atoms with Crippen LogP contribution < -0.4 is 15.5 Å². The molecule has 1 fully saturated rings. The summed E-state index contributed by atoms with van der Waals surface area (Å²) in [7, 11) is 0. The number of thiazole rings is 1. The van der Waals surface area contributed by atoms with Gasteiger partial charge in [-0.15, -0.1) is 0 Å². The lowest BCUT2D eigenvalue weighted by Crippen LogP contribution is -2.36. The molecule has 4 heterocycles. The monoisotopic (exact) mass is 665 g/mol. The summed E-state index contributed by atoms with van der Waals surface area (Å²) in [4.78, 5) is 30.3. The fourth-order valence-corrected chi connectivity index (χ4v) is 6.60. The first kappa shape index (κ1) is 28.2. The molecule has 7 rings (SSSR count). The Balaban J connectivity index is 1.16. The van der Waals surface area contributed by atoms with Crippen molar-refractivity contribution in [1.29, 1.82) is 0 Å². The predicted molar refractivity (Wildman–Crippen MR) is 179 cm³/mol. The van der Waals surface area contributed by atoms with E-state index in [1.54, 1.807) is 17.5 Å². The number of aromatic nitrogens is 4. The van der Waals surface area contributed by atoms with Gasteiger partial charge in [0.05, 0.1) is 34.8 Å². The van der Waals surface area contributed by atoms with Crippen molar-refractivity contribution in [2.45, 2.75) is 6.42 Å². The molecule has 1 amide bonds. The van der Waals surface area contributed by atoms with Crippen molar-refractivity contribution in [3.8, 4) is 22.6 Å². The molecule has 2 N–H and O–H groups in total. The second kappa shape index (κ2) is 12.6. The molecule has 1 aliphatic rings. The third kappa shape index (κ3) is 6.21. The molecule has 0 atom stereocenters. The van der Waals surface area contributed by atoms with Gasteiger partial charge in [-0.1, -0.05) is 53.8 Å². The first-order valence-electron chi connectivity index (χ1n) is 14.2. The lowest BCUT2D eigenvalue weighted by molar-refractivity contribution is -0.115.